The smallest absolute Gasteiger partial charge is 0.358 e. The lowest BCUT2D eigenvalue weighted by molar-refractivity contribution is -0.389. The average molecular weight is 300 g/mol. The van der Waals surface area contributed by atoms with E-state index in [-0.39, 0.29) is 11.4 Å². The minimum Gasteiger partial charge on any atom is -0.358 e. The number of nitrogens with two attached hydrogens (primary N) is 1. The first-order chi connectivity index (χ1) is 9.38. The van der Waals surface area contributed by atoms with E-state index in [4.69, 9.17) is 5.73 Å². The molecule has 20 heavy (non-hydrogen) atoms. The number of hydrogen-bond acceptors (Lipinski definition) is 6. The molecule has 1 saturated carbocycles. The van der Waals surface area contributed by atoms with E-state index in [1.54, 1.807) is 0 Å². The van der Waals surface area contributed by atoms with E-state index in [1.165, 1.54) is 6.07 Å². The highest BCUT2D eigenvalue weighted by atomic mass is 32.2. The Kier molecular flexibility index (Phi) is 4.02. The van der Waals surface area contributed by atoms with Gasteiger partial charge >= 0.3 is 5.82 Å². The van der Waals surface area contributed by atoms with Crippen molar-refractivity contribution in [3.8, 4) is 0 Å². The van der Waals surface area contributed by atoms with Crippen LogP contribution in [0.5, 0.6) is 0 Å². The largest absolute Gasteiger partial charge is 0.363 e. The highest BCUT2D eigenvalue weighted by molar-refractivity contribution is 7.89. The molecule has 8 nitrogen and oxygen atoms in total. The monoisotopic (exact) mass is 300 g/mol. The second kappa shape index (κ2) is 5.43. The molecular weight excluding hydrogens is 284 g/mol. The van der Waals surface area contributed by atoms with E-state index < -0.39 is 26.3 Å². The minimum absolute atomic E-state index is 0.0946. The second-order valence-corrected chi connectivity index (χ2v) is 6.59. The van der Waals surface area contributed by atoms with Crippen molar-refractivity contribution in [1.82, 2.24) is 9.71 Å². The molecule has 110 valence electrons. The Hall–Kier alpha value is -1.58. The number of pyridine rings is 1. The van der Waals surface area contributed by atoms with E-state index in [0.29, 0.717) is 12.8 Å². The Balaban J connectivity index is 2.23. The standard InChI is InChI=1S/C11H16N4O4S/c12-8-11(5-1-2-6-11)14-20(18,19)9-3-4-10(13-7-9)15(16)17/h3-4,7,14H,1-2,5-6,8,12H2. The van der Waals surface area contributed by atoms with Crippen molar-refractivity contribution >= 4 is 15.8 Å². The van der Waals surface area contributed by atoms with Crippen LogP contribution in [0, 0.1) is 10.1 Å². The van der Waals surface area contributed by atoms with Crippen LogP contribution in [0.1, 0.15) is 25.7 Å². The molecule has 1 heterocycles. The Morgan fingerprint density at radius 3 is 2.50 bits per heavy atom. The normalized spacial score (nSPS) is 18.1. The highest BCUT2D eigenvalue weighted by Gasteiger charge is 2.37. The van der Waals surface area contributed by atoms with Crippen molar-refractivity contribution in [2.45, 2.75) is 36.1 Å². The van der Waals surface area contributed by atoms with Gasteiger partial charge in [0.15, 0.2) is 6.20 Å². The highest BCUT2D eigenvalue weighted by Crippen LogP contribution is 2.30. The van der Waals surface area contributed by atoms with Gasteiger partial charge in [0.2, 0.25) is 10.0 Å². The van der Waals surface area contributed by atoms with E-state index in [0.717, 1.165) is 25.1 Å². The summed E-state index contributed by atoms with van der Waals surface area (Å²) in [5, 5.41) is 10.5. The lowest BCUT2D eigenvalue weighted by Crippen LogP contribution is -2.51. The molecular formula is C11H16N4O4S. The predicted molar refractivity (Wildman–Crippen MR) is 71.5 cm³/mol. The maximum absolute atomic E-state index is 12.3. The van der Waals surface area contributed by atoms with Crippen LogP contribution in [0.15, 0.2) is 23.2 Å². The Bertz CT molecular complexity index is 593. The van der Waals surface area contributed by atoms with Gasteiger partial charge in [-0.25, -0.2) is 13.1 Å². The van der Waals surface area contributed by atoms with Crippen molar-refractivity contribution in [1.29, 1.82) is 0 Å². The molecule has 1 aliphatic carbocycles. The number of nitro groups is 1. The van der Waals surface area contributed by atoms with Gasteiger partial charge < -0.3 is 15.8 Å². The van der Waals surface area contributed by atoms with Gasteiger partial charge in [-0.2, -0.15) is 0 Å². The summed E-state index contributed by atoms with van der Waals surface area (Å²) in [5.41, 5.74) is 5.08. The molecule has 0 spiro atoms. The molecule has 0 bridgehead atoms. The molecule has 0 radical (unpaired) electrons. The third-order valence-corrected chi connectivity index (χ3v) is 5.08. The van der Waals surface area contributed by atoms with Gasteiger partial charge in [-0.3, -0.25) is 0 Å². The summed E-state index contributed by atoms with van der Waals surface area (Å²) in [5.74, 6) is -0.390. The summed E-state index contributed by atoms with van der Waals surface area (Å²) in [7, 11) is -3.77. The maximum atomic E-state index is 12.3. The van der Waals surface area contributed by atoms with Gasteiger partial charge in [0.05, 0.1) is 0 Å². The first-order valence-corrected chi connectivity index (χ1v) is 7.71. The lowest BCUT2D eigenvalue weighted by atomic mass is 10.0. The number of aromatic nitrogens is 1. The number of nitrogens with one attached hydrogen (secondary N) is 1. The molecule has 0 amide bonds. The van der Waals surface area contributed by atoms with Gasteiger partial charge in [-0.15, -0.1) is 0 Å². The Labute approximate surface area is 116 Å². The molecule has 1 fully saturated rings. The van der Waals surface area contributed by atoms with Gasteiger partial charge in [0.25, 0.3) is 0 Å². The van der Waals surface area contributed by atoms with Crippen molar-refractivity contribution in [3.05, 3.63) is 28.4 Å². The number of nitrogens with zero attached hydrogens (tertiary/aromatic N) is 2. The van der Waals surface area contributed by atoms with Crippen LogP contribution in [0.2, 0.25) is 0 Å². The summed E-state index contributed by atoms with van der Waals surface area (Å²) in [6, 6.07) is 2.24. The molecule has 1 aromatic heterocycles. The topological polar surface area (TPSA) is 128 Å². The van der Waals surface area contributed by atoms with Crippen molar-refractivity contribution in [2.24, 2.45) is 5.73 Å². The third-order valence-electron chi connectivity index (χ3n) is 3.52. The molecule has 1 aromatic rings. The van der Waals surface area contributed by atoms with Crippen LogP contribution < -0.4 is 10.5 Å². The minimum atomic E-state index is -3.77. The fraction of sp³-hybridized carbons (Fsp3) is 0.545. The lowest BCUT2D eigenvalue weighted by Gasteiger charge is -2.27. The molecule has 1 aliphatic rings. The van der Waals surface area contributed by atoms with Crippen LogP contribution in [0.4, 0.5) is 5.82 Å². The maximum Gasteiger partial charge on any atom is 0.363 e. The number of hydrogen-bond donors (Lipinski definition) is 2. The predicted octanol–water partition coefficient (Wildman–Crippen LogP) is 0.540. The fourth-order valence-corrected chi connectivity index (χ4v) is 3.80. The van der Waals surface area contributed by atoms with E-state index >= 15 is 0 Å². The first-order valence-electron chi connectivity index (χ1n) is 6.23. The van der Waals surface area contributed by atoms with Crippen LogP contribution in [0.25, 0.3) is 0 Å². The molecule has 0 aromatic carbocycles. The Morgan fingerprint density at radius 2 is 2.05 bits per heavy atom. The van der Waals surface area contributed by atoms with Crippen LogP contribution in [-0.4, -0.2) is 30.4 Å². The van der Waals surface area contributed by atoms with Crippen LogP contribution in [0.3, 0.4) is 0 Å². The van der Waals surface area contributed by atoms with Crippen molar-refractivity contribution in [3.63, 3.8) is 0 Å². The molecule has 0 aliphatic heterocycles. The van der Waals surface area contributed by atoms with Crippen LogP contribution in [-0.2, 0) is 10.0 Å². The van der Waals surface area contributed by atoms with E-state index in [9.17, 15) is 18.5 Å². The molecule has 0 unspecified atom stereocenters. The average Bonchev–Trinajstić information content (AvgIpc) is 2.87. The summed E-state index contributed by atoms with van der Waals surface area (Å²) in [6.07, 6.45) is 4.24. The summed E-state index contributed by atoms with van der Waals surface area (Å²) in [6.45, 7) is 0.229. The third kappa shape index (κ3) is 2.94. The molecule has 2 rings (SSSR count). The zero-order chi connectivity index (χ0) is 14.8. The SMILES string of the molecule is NCC1(NS(=O)(=O)c2ccc([N+](=O)[O-])nc2)CCCC1. The number of rotatable bonds is 5. The van der Waals surface area contributed by atoms with Gasteiger partial charge in [0, 0.05) is 18.2 Å². The van der Waals surface area contributed by atoms with E-state index in [1.807, 2.05) is 0 Å². The zero-order valence-corrected chi connectivity index (χ0v) is 11.6. The Morgan fingerprint density at radius 1 is 1.40 bits per heavy atom. The quantitative estimate of drug-likeness (QED) is 0.603. The van der Waals surface area contributed by atoms with Gasteiger partial charge in [-0.05, 0) is 28.8 Å². The molecule has 0 atom stereocenters. The van der Waals surface area contributed by atoms with Gasteiger partial charge in [0.1, 0.15) is 4.90 Å². The summed E-state index contributed by atoms with van der Waals surface area (Å²) in [4.78, 5) is 13.2. The molecule has 0 saturated heterocycles. The summed E-state index contributed by atoms with van der Waals surface area (Å²) >= 11 is 0. The number of sulfonamides is 1. The van der Waals surface area contributed by atoms with Crippen molar-refractivity contribution < 1.29 is 13.3 Å². The van der Waals surface area contributed by atoms with Crippen LogP contribution >= 0.6 is 0 Å². The van der Waals surface area contributed by atoms with E-state index in [2.05, 4.69) is 9.71 Å². The summed E-state index contributed by atoms with van der Waals surface area (Å²) < 4.78 is 27.1. The molecule has 9 heteroatoms. The zero-order valence-electron chi connectivity index (χ0n) is 10.8. The second-order valence-electron chi connectivity index (χ2n) is 4.91. The van der Waals surface area contributed by atoms with Gasteiger partial charge in [-0.1, -0.05) is 12.8 Å². The molecule has 3 N–H and O–H groups in total. The van der Waals surface area contributed by atoms with Crippen molar-refractivity contribution in [2.75, 3.05) is 6.54 Å². The fourth-order valence-electron chi connectivity index (χ4n) is 2.38. The first kappa shape index (κ1) is 14.8.